The summed E-state index contributed by atoms with van der Waals surface area (Å²) in [4.78, 5) is 14.4. The highest BCUT2D eigenvalue weighted by Gasteiger charge is 2.21. The van der Waals surface area contributed by atoms with Gasteiger partial charge in [-0.3, -0.25) is 15.1 Å². The number of benzene rings is 1. The zero-order chi connectivity index (χ0) is 14.4. The van der Waals surface area contributed by atoms with Gasteiger partial charge in [0.1, 0.15) is 0 Å². The summed E-state index contributed by atoms with van der Waals surface area (Å²) in [6, 6.07) is 8.37. The molecule has 4 nitrogen and oxygen atoms in total. The monoisotopic (exact) mass is 275 g/mol. The van der Waals surface area contributed by atoms with E-state index in [2.05, 4.69) is 17.2 Å². The molecule has 0 aromatic heterocycles. The molecule has 1 saturated heterocycles. The summed E-state index contributed by atoms with van der Waals surface area (Å²) < 4.78 is 0. The van der Waals surface area contributed by atoms with Crippen LogP contribution < -0.4 is 11.3 Å². The fourth-order valence-corrected chi connectivity index (χ4v) is 3.08. The Morgan fingerprint density at radius 2 is 2.15 bits per heavy atom. The standard InChI is InChI=1S/C16H25N3O/c1-2-14-9-4-3-7-11-19(14)12-13-8-5-6-10-15(13)16(20)18-17/h5-6,8,10,14H,2-4,7,9,11-12,17H2,1H3,(H,18,20). The molecule has 1 aromatic rings. The van der Waals surface area contributed by atoms with Crippen LogP contribution in [-0.4, -0.2) is 23.4 Å². The molecule has 3 N–H and O–H groups in total. The average molecular weight is 275 g/mol. The fraction of sp³-hybridized carbons (Fsp3) is 0.562. The van der Waals surface area contributed by atoms with Gasteiger partial charge in [-0.05, 0) is 37.4 Å². The molecule has 1 aliphatic heterocycles. The SMILES string of the molecule is CCC1CCCCCN1Cc1ccccc1C(=O)NN. The number of hydrogen-bond donors (Lipinski definition) is 2. The Hall–Kier alpha value is -1.39. The number of carbonyl (C=O) groups is 1. The van der Waals surface area contributed by atoms with E-state index in [4.69, 9.17) is 5.84 Å². The molecule has 1 atom stereocenters. The van der Waals surface area contributed by atoms with Crippen molar-refractivity contribution in [2.24, 2.45) is 5.84 Å². The van der Waals surface area contributed by atoms with Crippen LogP contribution in [0.5, 0.6) is 0 Å². The van der Waals surface area contributed by atoms with E-state index in [1.165, 1.54) is 32.1 Å². The molecule has 1 aliphatic rings. The minimum absolute atomic E-state index is 0.205. The van der Waals surface area contributed by atoms with Crippen LogP contribution in [0.25, 0.3) is 0 Å². The van der Waals surface area contributed by atoms with Gasteiger partial charge in [0.05, 0.1) is 0 Å². The summed E-state index contributed by atoms with van der Waals surface area (Å²) in [6.07, 6.45) is 6.33. The second-order valence-electron chi connectivity index (χ2n) is 5.51. The number of hydrazine groups is 1. The normalized spacial score (nSPS) is 20.4. The summed E-state index contributed by atoms with van der Waals surface area (Å²) in [5, 5.41) is 0. The Morgan fingerprint density at radius 3 is 2.90 bits per heavy atom. The predicted molar refractivity (Wildman–Crippen MR) is 81.1 cm³/mol. The van der Waals surface area contributed by atoms with Gasteiger partial charge in [0.2, 0.25) is 0 Å². The van der Waals surface area contributed by atoms with E-state index in [1.54, 1.807) is 0 Å². The van der Waals surface area contributed by atoms with Gasteiger partial charge in [-0.25, -0.2) is 5.84 Å². The Bertz CT molecular complexity index is 447. The van der Waals surface area contributed by atoms with Crippen molar-refractivity contribution in [1.29, 1.82) is 0 Å². The number of nitrogens with two attached hydrogens (primary N) is 1. The number of nitrogens with one attached hydrogen (secondary N) is 1. The molecule has 110 valence electrons. The molecular formula is C16H25N3O. The molecule has 20 heavy (non-hydrogen) atoms. The first kappa shape index (κ1) is 15.0. The van der Waals surface area contributed by atoms with E-state index in [0.717, 1.165) is 18.7 Å². The fourth-order valence-electron chi connectivity index (χ4n) is 3.08. The van der Waals surface area contributed by atoms with Crippen LogP contribution in [0.2, 0.25) is 0 Å². The zero-order valence-corrected chi connectivity index (χ0v) is 12.3. The maximum atomic E-state index is 11.8. The number of nitrogen functional groups attached to an aromatic ring is 1. The molecule has 0 radical (unpaired) electrons. The largest absolute Gasteiger partial charge is 0.296 e. The highest BCUT2D eigenvalue weighted by Crippen LogP contribution is 2.22. The lowest BCUT2D eigenvalue weighted by molar-refractivity contribution is 0.0950. The van der Waals surface area contributed by atoms with Gasteiger partial charge in [-0.15, -0.1) is 0 Å². The van der Waals surface area contributed by atoms with Crippen LogP contribution in [-0.2, 0) is 6.54 Å². The second kappa shape index (κ2) is 7.41. The first-order valence-electron chi connectivity index (χ1n) is 7.59. The van der Waals surface area contributed by atoms with Gasteiger partial charge in [-0.1, -0.05) is 38.0 Å². The number of hydrogen-bond acceptors (Lipinski definition) is 3. The topological polar surface area (TPSA) is 58.4 Å². The Morgan fingerprint density at radius 1 is 1.35 bits per heavy atom. The first-order chi connectivity index (χ1) is 9.76. The predicted octanol–water partition coefficient (Wildman–Crippen LogP) is 2.44. The zero-order valence-electron chi connectivity index (χ0n) is 12.3. The van der Waals surface area contributed by atoms with Crippen molar-refractivity contribution in [3.05, 3.63) is 35.4 Å². The molecule has 4 heteroatoms. The Labute approximate surface area is 121 Å². The molecule has 1 heterocycles. The lowest BCUT2D eigenvalue weighted by atomic mass is 10.0. The van der Waals surface area contributed by atoms with Gasteiger partial charge in [0, 0.05) is 18.2 Å². The number of carbonyl (C=O) groups excluding carboxylic acids is 1. The molecule has 1 aromatic carbocycles. The summed E-state index contributed by atoms with van der Waals surface area (Å²) in [7, 11) is 0. The molecule has 0 saturated carbocycles. The molecule has 2 rings (SSSR count). The van der Waals surface area contributed by atoms with Crippen LogP contribution >= 0.6 is 0 Å². The average Bonchev–Trinajstić information content (AvgIpc) is 2.72. The van der Waals surface area contributed by atoms with Crippen LogP contribution in [0.4, 0.5) is 0 Å². The van der Waals surface area contributed by atoms with Crippen molar-refractivity contribution in [2.45, 2.75) is 51.6 Å². The van der Waals surface area contributed by atoms with Crippen LogP contribution in [0.3, 0.4) is 0 Å². The quantitative estimate of drug-likeness (QED) is 0.504. The summed E-state index contributed by atoms with van der Waals surface area (Å²) in [6.45, 7) is 4.21. The van der Waals surface area contributed by atoms with Gasteiger partial charge >= 0.3 is 0 Å². The van der Waals surface area contributed by atoms with E-state index >= 15 is 0 Å². The van der Waals surface area contributed by atoms with Gasteiger partial charge < -0.3 is 0 Å². The summed E-state index contributed by atoms with van der Waals surface area (Å²) >= 11 is 0. The van der Waals surface area contributed by atoms with E-state index in [-0.39, 0.29) is 5.91 Å². The van der Waals surface area contributed by atoms with Crippen molar-refractivity contribution < 1.29 is 4.79 Å². The van der Waals surface area contributed by atoms with E-state index in [9.17, 15) is 4.79 Å². The van der Waals surface area contributed by atoms with Crippen molar-refractivity contribution in [1.82, 2.24) is 10.3 Å². The molecule has 0 bridgehead atoms. The first-order valence-corrected chi connectivity index (χ1v) is 7.59. The van der Waals surface area contributed by atoms with Crippen LogP contribution in [0.1, 0.15) is 54.9 Å². The Balaban J connectivity index is 2.17. The number of nitrogens with zero attached hydrogens (tertiary/aromatic N) is 1. The molecule has 0 aliphatic carbocycles. The van der Waals surface area contributed by atoms with E-state index in [1.807, 2.05) is 24.3 Å². The molecule has 0 spiro atoms. The van der Waals surface area contributed by atoms with Crippen LogP contribution in [0, 0.1) is 0 Å². The smallest absolute Gasteiger partial charge is 0.265 e. The van der Waals surface area contributed by atoms with Gasteiger partial charge in [0.15, 0.2) is 0 Å². The Kier molecular flexibility index (Phi) is 5.56. The number of likely N-dealkylation sites (tertiary alicyclic amines) is 1. The van der Waals surface area contributed by atoms with Crippen molar-refractivity contribution in [3.63, 3.8) is 0 Å². The molecule has 1 fully saturated rings. The highest BCUT2D eigenvalue weighted by molar-refractivity contribution is 5.95. The molecular weight excluding hydrogens is 250 g/mol. The van der Waals surface area contributed by atoms with Gasteiger partial charge in [0.25, 0.3) is 5.91 Å². The third kappa shape index (κ3) is 3.58. The molecule has 1 unspecified atom stereocenters. The summed E-state index contributed by atoms with van der Waals surface area (Å²) in [5.74, 6) is 5.07. The third-order valence-corrected chi connectivity index (χ3v) is 4.24. The lowest BCUT2D eigenvalue weighted by Crippen LogP contribution is -2.35. The minimum atomic E-state index is -0.205. The van der Waals surface area contributed by atoms with Crippen molar-refractivity contribution in [3.8, 4) is 0 Å². The van der Waals surface area contributed by atoms with Crippen LogP contribution in [0.15, 0.2) is 24.3 Å². The highest BCUT2D eigenvalue weighted by atomic mass is 16.2. The number of rotatable bonds is 4. The van der Waals surface area contributed by atoms with Gasteiger partial charge in [-0.2, -0.15) is 0 Å². The minimum Gasteiger partial charge on any atom is -0.296 e. The third-order valence-electron chi connectivity index (χ3n) is 4.24. The number of amides is 1. The molecule has 1 amide bonds. The van der Waals surface area contributed by atoms with E-state index < -0.39 is 0 Å². The maximum absolute atomic E-state index is 11.8. The summed E-state index contributed by atoms with van der Waals surface area (Å²) in [5.41, 5.74) is 3.99. The van der Waals surface area contributed by atoms with Crippen molar-refractivity contribution >= 4 is 5.91 Å². The van der Waals surface area contributed by atoms with Crippen molar-refractivity contribution in [2.75, 3.05) is 6.54 Å². The lowest BCUT2D eigenvalue weighted by Gasteiger charge is -2.29. The second-order valence-corrected chi connectivity index (χ2v) is 5.51. The maximum Gasteiger partial charge on any atom is 0.265 e. The van der Waals surface area contributed by atoms with E-state index in [0.29, 0.717) is 11.6 Å².